The van der Waals surface area contributed by atoms with Gasteiger partial charge in [0.1, 0.15) is 17.2 Å². The van der Waals surface area contributed by atoms with Gasteiger partial charge in [0.15, 0.2) is 5.82 Å². The molecule has 250 valence electrons. The van der Waals surface area contributed by atoms with Gasteiger partial charge in [0.25, 0.3) is 0 Å². The van der Waals surface area contributed by atoms with E-state index in [0.29, 0.717) is 50.1 Å². The molecule has 2 N–H and O–H groups in total. The van der Waals surface area contributed by atoms with E-state index in [1.54, 1.807) is 42.1 Å². The van der Waals surface area contributed by atoms with E-state index in [4.69, 9.17) is 4.74 Å². The minimum atomic E-state index is -0.563. The van der Waals surface area contributed by atoms with Crippen molar-refractivity contribution in [2.75, 3.05) is 13.1 Å². The summed E-state index contributed by atoms with van der Waals surface area (Å²) < 4.78 is 5.57. The predicted molar refractivity (Wildman–Crippen MR) is 183 cm³/mol. The highest BCUT2D eigenvalue weighted by Gasteiger charge is 2.23. The molecule has 2 amide bonds. The van der Waals surface area contributed by atoms with Crippen LogP contribution in [0.3, 0.4) is 0 Å². The first kappa shape index (κ1) is 34.0. The molecule has 0 fully saturated rings. The summed E-state index contributed by atoms with van der Waals surface area (Å²) in [6, 6.07) is 11.7. The fourth-order valence-electron chi connectivity index (χ4n) is 5.14. The van der Waals surface area contributed by atoms with E-state index in [1.807, 2.05) is 69.0 Å². The van der Waals surface area contributed by atoms with Crippen LogP contribution >= 0.6 is 0 Å². The van der Waals surface area contributed by atoms with Gasteiger partial charge in [-0.1, -0.05) is 44.2 Å². The lowest BCUT2D eigenvalue weighted by atomic mass is 10.1. The lowest BCUT2D eigenvalue weighted by Crippen LogP contribution is -2.37. The lowest BCUT2D eigenvalue weighted by Gasteiger charge is -2.26. The van der Waals surface area contributed by atoms with Crippen molar-refractivity contribution in [3.05, 3.63) is 90.8 Å². The standard InChI is InChI=1S/C36H43N9O3/c1-6-15-44(33(46)17-25-9-8-14-37-18-25)23-31-39-22-30(43-31)28-19-40-34(41-20-28)27-12-10-26(11-13-27)29-21-38-32(42-29)24-45(16-7-2)35(47)48-36(3,4)5/h8-14,18-22H,6-7,15-17,23-24H2,1-5H3,(H,38,42)(H,39,43). The summed E-state index contributed by atoms with van der Waals surface area (Å²) in [5.41, 5.74) is 4.57. The average Bonchev–Trinajstić information content (AvgIpc) is 3.74. The number of H-pyrrole nitrogens is 2. The van der Waals surface area contributed by atoms with Crippen LogP contribution in [0.15, 0.2) is 73.6 Å². The van der Waals surface area contributed by atoms with Crippen LogP contribution in [-0.2, 0) is 29.0 Å². The van der Waals surface area contributed by atoms with E-state index in [0.717, 1.165) is 46.5 Å². The van der Waals surface area contributed by atoms with E-state index in [-0.39, 0.29) is 12.0 Å². The molecule has 0 radical (unpaired) electrons. The summed E-state index contributed by atoms with van der Waals surface area (Å²) in [5.74, 6) is 2.01. The van der Waals surface area contributed by atoms with Crippen LogP contribution in [0.2, 0.25) is 0 Å². The molecule has 0 saturated carbocycles. The van der Waals surface area contributed by atoms with Gasteiger partial charge in [-0.3, -0.25) is 9.78 Å². The van der Waals surface area contributed by atoms with Crippen molar-refractivity contribution in [3.63, 3.8) is 0 Å². The maximum atomic E-state index is 13.0. The van der Waals surface area contributed by atoms with E-state index in [2.05, 4.69) is 41.8 Å². The summed E-state index contributed by atoms with van der Waals surface area (Å²) in [6.07, 6.45) is 12.1. The maximum absolute atomic E-state index is 13.0. The maximum Gasteiger partial charge on any atom is 0.410 e. The number of ether oxygens (including phenoxy) is 1. The molecule has 48 heavy (non-hydrogen) atoms. The van der Waals surface area contributed by atoms with Crippen molar-refractivity contribution in [2.45, 2.75) is 72.6 Å². The highest BCUT2D eigenvalue weighted by Crippen LogP contribution is 2.24. The van der Waals surface area contributed by atoms with Crippen molar-refractivity contribution in [3.8, 4) is 33.9 Å². The van der Waals surface area contributed by atoms with E-state index in [9.17, 15) is 9.59 Å². The first-order valence-corrected chi connectivity index (χ1v) is 16.3. The molecule has 0 aliphatic carbocycles. The van der Waals surface area contributed by atoms with Crippen molar-refractivity contribution in [1.82, 2.24) is 44.7 Å². The number of benzene rings is 1. The van der Waals surface area contributed by atoms with Crippen LogP contribution in [0.4, 0.5) is 4.79 Å². The smallest absolute Gasteiger partial charge is 0.410 e. The summed E-state index contributed by atoms with van der Waals surface area (Å²) in [6.45, 7) is 11.6. The van der Waals surface area contributed by atoms with Gasteiger partial charge in [-0.2, -0.15) is 0 Å². The van der Waals surface area contributed by atoms with Crippen molar-refractivity contribution in [1.29, 1.82) is 0 Å². The zero-order valence-electron chi connectivity index (χ0n) is 28.2. The van der Waals surface area contributed by atoms with Gasteiger partial charge in [-0.15, -0.1) is 0 Å². The molecule has 1 aromatic carbocycles. The Labute approximate surface area is 281 Å². The van der Waals surface area contributed by atoms with Crippen molar-refractivity contribution in [2.24, 2.45) is 0 Å². The first-order chi connectivity index (χ1) is 23.1. The Balaban J connectivity index is 1.20. The fourth-order valence-corrected chi connectivity index (χ4v) is 5.14. The third-order valence-corrected chi connectivity index (χ3v) is 7.42. The van der Waals surface area contributed by atoms with Crippen LogP contribution in [0.5, 0.6) is 0 Å². The molecule has 0 unspecified atom stereocenters. The Morgan fingerprint density at radius 1 is 0.729 bits per heavy atom. The van der Waals surface area contributed by atoms with E-state index in [1.165, 1.54) is 0 Å². The van der Waals surface area contributed by atoms with Crippen molar-refractivity contribution < 1.29 is 14.3 Å². The van der Waals surface area contributed by atoms with E-state index >= 15 is 0 Å². The molecule has 4 heterocycles. The molecule has 12 nitrogen and oxygen atoms in total. The Kier molecular flexibility index (Phi) is 10.9. The number of nitrogens with one attached hydrogen (secondary N) is 2. The molecule has 0 bridgehead atoms. The van der Waals surface area contributed by atoms with E-state index < -0.39 is 5.60 Å². The number of amides is 2. The summed E-state index contributed by atoms with van der Waals surface area (Å²) in [4.78, 5) is 58.1. The second kappa shape index (κ2) is 15.5. The third-order valence-electron chi connectivity index (χ3n) is 7.42. The van der Waals surface area contributed by atoms with Gasteiger partial charge in [0.2, 0.25) is 5.91 Å². The Morgan fingerprint density at radius 2 is 1.31 bits per heavy atom. The highest BCUT2D eigenvalue weighted by molar-refractivity contribution is 5.78. The number of hydrogen-bond acceptors (Lipinski definition) is 8. The topological polar surface area (TPSA) is 146 Å². The number of aromatic amines is 2. The second-order valence-electron chi connectivity index (χ2n) is 12.6. The molecule has 4 aromatic heterocycles. The van der Waals surface area contributed by atoms with Crippen LogP contribution in [0.25, 0.3) is 33.9 Å². The molecule has 5 aromatic rings. The quantitative estimate of drug-likeness (QED) is 0.148. The Hall–Kier alpha value is -5.39. The Morgan fingerprint density at radius 3 is 1.90 bits per heavy atom. The minimum Gasteiger partial charge on any atom is -0.444 e. The summed E-state index contributed by atoms with van der Waals surface area (Å²) in [5, 5.41) is 0. The largest absolute Gasteiger partial charge is 0.444 e. The summed E-state index contributed by atoms with van der Waals surface area (Å²) >= 11 is 0. The summed E-state index contributed by atoms with van der Waals surface area (Å²) in [7, 11) is 0. The number of carbonyl (C=O) groups excluding carboxylic acids is 2. The zero-order valence-corrected chi connectivity index (χ0v) is 28.2. The minimum absolute atomic E-state index is 0.0336. The number of pyridine rings is 1. The Bertz CT molecular complexity index is 1780. The molecular weight excluding hydrogens is 606 g/mol. The molecule has 0 spiro atoms. The number of carbonyl (C=O) groups is 2. The van der Waals surface area contributed by atoms with Gasteiger partial charge >= 0.3 is 6.09 Å². The monoisotopic (exact) mass is 649 g/mol. The zero-order chi connectivity index (χ0) is 34.1. The molecule has 0 aliphatic heterocycles. The fraction of sp³-hybridized carbons (Fsp3) is 0.361. The molecular formula is C36H43N9O3. The van der Waals surface area contributed by atoms with Crippen LogP contribution in [0.1, 0.15) is 64.7 Å². The number of rotatable bonds is 13. The van der Waals surface area contributed by atoms with Crippen LogP contribution in [0, 0.1) is 0 Å². The number of imidazole rings is 2. The molecule has 0 saturated heterocycles. The van der Waals surface area contributed by atoms with Crippen LogP contribution < -0.4 is 0 Å². The van der Waals surface area contributed by atoms with Crippen molar-refractivity contribution >= 4 is 12.0 Å². The SMILES string of the molecule is CCCN(Cc1ncc(-c2cnc(-c3ccc(-c4cnc(CN(CCC)C(=O)OC(C)(C)C)[nH]4)cc3)nc2)[nH]1)C(=O)Cc1cccnc1. The average molecular weight is 650 g/mol. The normalized spacial score (nSPS) is 11.4. The van der Waals surface area contributed by atoms with Gasteiger partial charge in [0, 0.05) is 49.0 Å². The third kappa shape index (κ3) is 9.11. The van der Waals surface area contributed by atoms with Gasteiger partial charge in [-0.25, -0.2) is 24.7 Å². The lowest BCUT2D eigenvalue weighted by molar-refractivity contribution is -0.131. The molecule has 12 heteroatoms. The van der Waals surface area contributed by atoms with Gasteiger partial charge in [0.05, 0.1) is 43.3 Å². The number of nitrogens with zero attached hydrogens (tertiary/aromatic N) is 7. The molecule has 0 atom stereocenters. The number of aromatic nitrogens is 7. The first-order valence-electron chi connectivity index (χ1n) is 16.3. The molecule has 5 rings (SSSR count). The predicted octanol–water partition coefficient (Wildman–Crippen LogP) is 6.45. The molecule has 0 aliphatic rings. The number of hydrogen-bond donors (Lipinski definition) is 2. The highest BCUT2D eigenvalue weighted by atomic mass is 16.6. The van der Waals surface area contributed by atoms with Crippen LogP contribution in [-0.4, -0.2) is 75.4 Å². The van der Waals surface area contributed by atoms with Gasteiger partial charge in [-0.05, 0) is 50.8 Å². The van der Waals surface area contributed by atoms with Gasteiger partial charge < -0.3 is 24.5 Å². The second-order valence-corrected chi connectivity index (χ2v) is 12.6.